The molecule has 2 rings (SSSR count). The van der Waals surface area contributed by atoms with E-state index >= 15 is 0 Å². The smallest absolute Gasteiger partial charge is 0.258 e. The molecule has 3 N–H and O–H groups in total. The number of rotatable bonds is 2. The molecule has 98 valence electrons. The summed E-state index contributed by atoms with van der Waals surface area (Å²) < 4.78 is 14.1. The molecule has 0 aliphatic heterocycles. The number of nitrogen functional groups attached to an aromatic ring is 1. The van der Waals surface area contributed by atoms with Crippen molar-refractivity contribution in [3.63, 3.8) is 0 Å². The van der Waals surface area contributed by atoms with Crippen molar-refractivity contribution in [3.05, 3.63) is 52.0 Å². The van der Waals surface area contributed by atoms with Crippen molar-refractivity contribution in [1.82, 2.24) is 4.98 Å². The highest BCUT2D eigenvalue weighted by molar-refractivity contribution is 9.10. The third-order valence-electron chi connectivity index (χ3n) is 2.52. The molecule has 6 heteroatoms. The van der Waals surface area contributed by atoms with Gasteiger partial charge < -0.3 is 11.1 Å². The van der Waals surface area contributed by atoms with Crippen molar-refractivity contribution in [1.29, 1.82) is 0 Å². The summed E-state index contributed by atoms with van der Waals surface area (Å²) in [5.74, 6) is -1.25. The molecule has 0 saturated heterocycles. The number of nitrogens with one attached hydrogen (secondary N) is 1. The van der Waals surface area contributed by atoms with Crippen LogP contribution in [-0.4, -0.2) is 10.9 Å². The Morgan fingerprint density at radius 3 is 2.84 bits per heavy atom. The Labute approximate surface area is 118 Å². The molecule has 0 radical (unpaired) electrons. The Hall–Kier alpha value is -1.95. The number of aryl methyl sites for hydroxylation is 1. The zero-order valence-corrected chi connectivity index (χ0v) is 11.7. The molecule has 1 aromatic heterocycles. The molecule has 4 nitrogen and oxygen atoms in total. The van der Waals surface area contributed by atoms with E-state index in [1.54, 1.807) is 6.07 Å². The number of benzene rings is 1. The lowest BCUT2D eigenvalue weighted by Gasteiger charge is -2.11. The molecule has 0 aliphatic rings. The van der Waals surface area contributed by atoms with Crippen LogP contribution in [0.2, 0.25) is 0 Å². The normalized spacial score (nSPS) is 10.3. The lowest BCUT2D eigenvalue weighted by Crippen LogP contribution is -2.15. The van der Waals surface area contributed by atoms with Gasteiger partial charge in [-0.1, -0.05) is 0 Å². The van der Waals surface area contributed by atoms with E-state index in [1.165, 1.54) is 12.3 Å². The quantitative estimate of drug-likeness (QED) is 0.834. The molecule has 1 amide bonds. The van der Waals surface area contributed by atoms with Gasteiger partial charge >= 0.3 is 0 Å². The van der Waals surface area contributed by atoms with E-state index in [0.717, 1.165) is 11.8 Å². The number of carbonyl (C=O) groups is 1. The fraction of sp³-hybridized carbons (Fsp3) is 0.0769. The van der Waals surface area contributed by atoms with Crippen molar-refractivity contribution in [3.8, 4) is 0 Å². The lowest BCUT2D eigenvalue weighted by molar-refractivity contribution is 0.102. The Bertz CT molecular complexity index is 623. The average Bonchev–Trinajstić information content (AvgIpc) is 2.34. The van der Waals surface area contributed by atoms with Crippen LogP contribution in [0.1, 0.15) is 15.9 Å². The maximum atomic E-state index is 13.4. The summed E-state index contributed by atoms with van der Waals surface area (Å²) in [4.78, 5) is 15.6. The first-order valence-corrected chi connectivity index (χ1v) is 6.25. The second-order valence-corrected chi connectivity index (χ2v) is 4.87. The van der Waals surface area contributed by atoms with Crippen molar-refractivity contribution in [2.45, 2.75) is 6.92 Å². The predicted molar refractivity (Wildman–Crippen MR) is 75.4 cm³/mol. The zero-order valence-electron chi connectivity index (χ0n) is 10.1. The summed E-state index contributed by atoms with van der Waals surface area (Å²) in [7, 11) is 0. The van der Waals surface area contributed by atoms with Crippen LogP contribution in [0.4, 0.5) is 15.8 Å². The van der Waals surface area contributed by atoms with E-state index in [1.807, 2.05) is 13.0 Å². The number of nitrogens with two attached hydrogens (primary N) is 1. The highest BCUT2D eigenvalue weighted by Crippen LogP contribution is 2.30. The van der Waals surface area contributed by atoms with Crippen LogP contribution in [0.25, 0.3) is 0 Å². The van der Waals surface area contributed by atoms with E-state index < -0.39 is 11.7 Å². The van der Waals surface area contributed by atoms with Crippen LogP contribution < -0.4 is 11.1 Å². The van der Waals surface area contributed by atoms with Gasteiger partial charge in [-0.25, -0.2) is 4.39 Å². The van der Waals surface area contributed by atoms with E-state index in [-0.39, 0.29) is 5.56 Å². The highest BCUT2D eigenvalue weighted by Gasteiger charge is 2.14. The van der Waals surface area contributed by atoms with Gasteiger partial charge in [0.1, 0.15) is 0 Å². The van der Waals surface area contributed by atoms with Gasteiger partial charge in [-0.05, 0) is 46.6 Å². The third kappa shape index (κ3) is 2.90. The number of hydrogen-bond donors (Lipinski definition) is 2. The zero-order chi connectivity index (χ0) is 14.0. The van der Waals surface area contributed by atoms with Crippen molar-refractivity contribution >= 4 is 33.2 Å². The molecule has 0 aliphatic carbocycles. The summed E-state index contributed by atoms with van der Waals surface area (Å²) in [6, 6.07) is 4.85. The summed E-state index contributed by atoms with van der Waals surface area (Å²) in [6.07, 6.45) is 2.34. The molecular formula is C13H11BrFN3O. The van der Waals surface area contributed by atoms with E-state index in [4.69, 9.17) is 5.73 Å². The fourth-order valence-electron chi connectivity index (χ4n) is 1.64. The number of nitrogens with zero attached hydrogens (tertiary/aromatic N) is 1. The van der Waals surface area contributed by atoms with Crippen molar-refractivity contribution < 1.29 is 9.18 Å². The first-order valence-electron chi connectivity index (χ1n) is 5.45. The van der Waals surface area contributed by atoms with Crippen LogP contribution >= 0.6 is 15.9 Å². The molecule has 2 aromatic rings. The Morgan fingerprint density at radius 1 is 1.47 bits per heavy atom. The van der Waals surface area contributed by atoms with Gasteiger partial charge in [-0.2, -0.15) is 0 Å². The molecule has 19 heavy (non-hydrogen) atoms. The second kappa shape index (κ2) is 5.36. The van der Waals surface area contributed by atoms with Gasteiger partial charge in [0.25, 0.3) is 5.91 Å². The predicted octanol–water partition coefficient (Wildman–Crippen LogP) is 3.13. The molecule has 1 aromatic carbocycles. The maximum absolute atomic E-state index is 13.4. The van der Waals surface area contributed by atoms with Crippen LogP contribution in [0.15, 0.2) is 35.1 Å². The minimum absolute atomic E-state index is 0.0816. The lowest BCUT2D eigenvalue weighted by atomic mass is 10.2. The minimum atomic E-state index is -0.679. The Morgan fingerprint density at radius 2 is 2.21 bits per heavy atom. The van der Waals surface area contributed by atoms with E-state index in [9.17, 15) is 9.18 Å². The molecule has 0 unspecified atom stereocenters. The maximum Gasteiger partial charge on any atom is 0.258 e. The summed E-state index contributed by atoms with van der Waals surface area (Å²) >= 11 is 3.32. The first kappa shape index (κ1) is 13.5. The van der Waals surface area contributed by atoms with Gasteiger partial charge in [0.05, 0.1) is 23.1 Å². The van der Waals surface area contributed by atoms with Crippen LogP contribution in [0.3, 0.4) is 0 Å². The number of aromatic nitrogens is 1. The molecular weight excluding hydrogens is 313 g/mol. The number of carbonyl (C=O) groups excluding carboxylic acids is 1. The summed E-state index contributed by atoms with van der Waals surface area (Å²) in [5, 5.41) is 2.58. The largest absolute Gasteiger partial charge is 0.397 e. The molecule has 0 bridgehead atoms. The summed E-state index contributed by atoms with van der Waals surface area (Å²) in [5.41, 5.74) is 7.54. The molecule has 0 atom stereocenters. The van der Waals surface area contributed by atoms with Gasteiger partial charge in [0.2, 0.25) is 0 Å². The van der Waals surface area contributed by atoms with Crippen molar-refractivity contribution in [2.24, 2.45) is 0 Å². The molecule has 0 saturated carbocycles. The van der Waals surface area contributed by atoms with Crippen LogP contribution in [0.5, 0.6) is 0 Å². The monoisotopic (exact) mass is 323 g/mol. The van der Waals surface area contributed by atoms with Crippen LogP contribution in [-0.2, 0) is 0 Å². The average molecular weight is 324 g/mol. The fourth-order valence-corrected chi connectivity index (χ4v) is 2.33. The number of pyridine rings is 1. The molecule has 1 heterocycles. The Kier molecular flexibility index (Phi) is 3.80. The summed E-state index contributed by atoms with van der Waals surface area (Å²) in [6.45, 7) is 1.88. The topological polar surface area (TPSA) is 68.0 Å². The van der Waals surface area contributed by atoms with Crippen LogP contribution in [0, 0.1) is 12.7 Å². The Balaban J connectivity index is 2.32. The highest BCUT2D eigenvalue weighted by atomic mass is 79.9. The van der Waals surface area contributed by atoms with Gasteiger partial charge in [-0.3, -0.25) is 9.78 Å². The number of halogens is 2. The van der Waals surface area contributed by atoms with Gasteiger partial charge in [-0.15, -0.1) is 0 Å². The van der Waals surface area contributed by atoms with Gasteiger partial charge in [0.15, 0.2) is 5.82 Å². The molecule has 0 fully saturated rings. The molecule has 0 spiro atoms. The SMILES string of the molecule is Cc1cc(N)c(NC(=O)c2ccncc2F)c(Br)c1. The van der Waals surface area contributed by atoms with E-state index in [0.29, 0.717) is 15.8 Å². The number of hydrogen-bond acceptors (Lipinski definition) is 3. The van der Waals surface area contributed by atoms with Gasteiger partial charge in [0, 0.05) is 10.7 Å². The minimum Gasteiger partial charge on any atom is -0.397 e. The van der Waals surface area contributed by atoms with E-state index in [2.05, 4.69) is 26.2 Å². The number of amides is 1. The standard InChI is InChI=1S/C13H11BrFN3O/c1-7-4-9(14)12(11(16)5-7)18-13(19)8-2-3-17-6-10(8)15/h2-6H,16H2,1H3,(H,18,19). The number of anilines is 2. The third-order valence-corrected chi connectivity index (χ3v) is 3.15. The second-order valence-electron chi connectivity index (χ2n) is 4.02. The first-order chi connectivity index (χ1) is 8.99. The van der Waals surface area contributed by atoms with Crippen molar-refractivity contribution in [2.75, 3.05) is 11.1 Å².